The van der Waals surface area contributed by atoms with Crippen molar-refractivity contribution in [2.75, 3.05) is 32.9 Å². The normalized spacial score (nSPS) is 14.1. The van der Waals surface area contributed by atoms with Crippen LogP contribution in [-0.2, 0) is 6.54 Å². The lowest BCUT2D eigenvalue weighted by Gasteiger charge is -2.23. The van der Waals surface area contributed by atoms with Gasteiger partial charge in [0.05, 0.1) is 18.2 Å². The smallest absolute Gasteiger partial charge is 0.251 e. The number of ether oxygens (including phenoxy) is 2. The number of nitrogens with zero attached hydrogens (tertiary/aromatic N) is 1. The van der Waals surface area contributed by atoms with E-state index in [0.29, 0.717) is 29.7 Å². The lowest BCUT2D eigenvalue weighted by Crippen LogP contribution is -2.31. The van der Waals surface area contributed by atoms with Crippen LogP contribution in [0.5, 0.6) is 11.5 Å². The number of aliphatic hydroxyl groups is 1. The van der Waals surface area contributed by atoms with E-state index < -0.39 is 13.0 Å². The molecular weight excluding hydrogens is 292 g/mol. The fourth-order valence-corrected chi connectivity index (χ4v) is 2.37. The summed E-state index contributed by atoms with van der Waals surface area (Å²) in [6.07, 6.45) is -2.45. The highest BCUT2D eigenvalue weighted by molar-refractivity contribution is 6.32. The lowest BCUT2D eigenvalue weighted by molar-refractivity contribution is 0.0745. The second-order valence-electron chi connectivity index (χ2n) is 4.45. The van der Waals surface area contributed by atoms with E-state index in [9.17, 15) is 8.78 Å². The average molecular weight is 308 g/mol. The van der Waals surface area contributed by atoms with Crippen LogP contribution in [0, 0.1) is 0 Å². The predicted octanol–water partition coefficient (Wildman–Crippen LogP) is 2.17. The molecule has 0 aliphatic carbocycles. The van der Waals surface area contributed by atoms with Gasteiger partial charge in [0, 0.05) is 13.1 Å². The minimum Gasteiger partial charge on any atom is -0.486 e. The molecule has 0 amide bonds. The summed E-state index contributed by atoms with van der Waals surface area (Å²) in [4.78, 5) is 1.46. The van der Waals surface area contributed by atoms with Crippen molar-refractivity contribution in [3.8, 4) is 11.5 Å². The molecule has 0 unspecified atom stereocenters. The van der Waals surface area contributed by atoms with Gasteiger partial charge in [0.1, 0.15) is 13.2 Å². The van der Waals surface area contributed by atoms with Crippen molar-refractivity contribution >= 4 is 11.6 Å². The Morgan fingerprint density at radius 1 is 1.30 bits per heavy atom. The van der Waals surface area contributed by atoms with E-state index in [-0.39, 0.29) is 19.7 Å². The topological polar surface area (TPSA) is 41.9 Å². The lowest BCUT2D eigenvalue weighted by atomic mass is 10.1. The summed E-state index contributed by atoms with van der Waals surface area (Å²) in [5.74, 6) is 1.02. The molecule has 1 aromatic rings. The summed E-state index contributed by atoms with van der Waals surface area (Å²) in [5.41, 5.74) is 0.744. The van der Waals surface area contributed by atoms with Crippen LogP contribution in [0.3, 0.4) is 0 Å². The van der Waals surface area contributed by atoms with Crippen LogP contribution in [0.1, 0.15) is 5.56 Å². The Labute approximate surface area is 120 Å². The number of alkyl halides is 2. The summed E-state index contributed by atoms with van der Waals surface area (Å²) in [7, 11) is 0. The van der Waals surface area contributed by atoms with Gasteiger partial charge < -0.3 is 14.6 Å². The van der Waals surface area contributed by atoms with Gasteiger partial charge >= 0.3 is 0 Å². The fraction of sp³-hybridized carbons (Fsp3) is 0.538. The minimum atomic E-state index is -2.45. The number of benzene rings is 1. The first kappa shape index (κ1) is 15.3. The Bertz CT molecular complexity index is 459. The molecule has 20 heavy (non-hydrogen) atoms. The zero-order valence-corrected chi connectivity index (χ0v) is 11.6. The number of fused-ring (bicyclic) bond motifs is 1. The van der Waals surface area contributed by atoms with E-state index in [1.807, 2.05) is 0 Å². The second kappa shape index (κ2) is 7.06. The third-order valence-electron chi connectivity index (χ3n) is 2.88. The number of aliphatic hydroxyl groups excluding tert-OH is 1. The van der Waals surface area contributed by atoms with Crippen molar-refractivity contribution in [1.82, 2.24) is 4.90 Å². The van der Waals surface area contributed by atoms with Crippen molar-refractivity contribution < 1.29 is 23.4 Å². The summed E-state index contributed by atoms with van der Waals surface area (Å²) in [6, 6.07) is 3.40. The van der Waals surface area contributed by atoms with E-state index in [1.54, 1.807) is 12.1 Å². The third-order valence-corrected chi connectivity index (χ3v) is 3.16. The predicted molar refractivity (Wildman–Crippen MR) is 70.8 cm³/mol. The van der Waals surface area contributed by atoms with Gasteiger partial charge in [0.25, 0.3) is 6.43 Å². The molecular formula is C13H16ClF2NO3. The van der Waals surface area contributed by atoms with E-state index in [4.69, 9.17) is 26.2 Å². The monoisotopic (exact) mass is 307 g/mol. The minimum absolute atomic E-state index is 0.176. The van der Waals surface area contributed by atoms with Crippen LogP contribution in [-0.4, -0.2) is 49.3 Å². The molecule has 1 N–H and O–H groups in total. The molecule has 0 radical (unpaired) electrons. The number of halogens is 3. The highest BCUT2D eigenvalue weighted by Crippen LogP contribution is 2.38. The molecule has 0 aromatic heterocycles. The van der Waals surface area contributed by atoms with Crippen molar-refractivity contribution in [1.29, 1.82) is 0 Å². The molecule has 112 valence electrons. The van der Waals surface area contributed by atoms with E-state index >= 15 is 0 Å². The molecule has 0 saturated carbocycles. The van der Waals surface area contributed by atoms with Gasteiger partial charge in [-0.05, 0) is 17.7 Å². The maximum Gasteiger partial charge on any atom is 0.251 e. The average Bonchev–Trinajstić information content (AvgIpc) is 2.38. The van der Waals surface area contributed by atoms with E-state index in [2.05, 4.69) is 0 Å². The van der Waals surface area contributed by atoms with Crippen LogP contribution >= 0.6 is 11.6 Å². The van der Waals surface area contributed by atoms with Crippen molar-refractivity contribution in [2.24, 2.45) is 0 Å². The van der Waals surface area contributed by atoms with Crippen LogP contribution in [0.2, 0.25) is 5.02 Å². The Hall–Kier alpha value is -1.11. The van der Waals surface area contributed by atoms with Gasteiger partial charge in [-0.15, -0.1) is 0 Å². The van der Waals surface area contributed by atoms with Gasteiger partial charge in [-0.2, -0.15) is 0 Å². The zero-order chi connectivity index (χ0) is 14.5. The molecule has 0 fully saturated rings. The standard InChI is InChI=1S/C13H16ClF2NO3/c14-10-5-9(6-11-13(10)20-4-3-19-11)7-17(1-2-18)8-12(15)16/h5-6,12,18H,1-4,7-8H2. The summed E-state index contributed by atoms with van der Waals surface area (Å²) in [6.45, 7) is 0.744. The largest absolute Gasteiger partial charge is 0.486 e. The van der Waals surface area contributed by atoms with E-state index in [1.165, 1.54) is 4.90 Å². The van der Waals surface area contributed by atoms with Gasteiger partial charge in [0.2, 0.25) is 0 Å². The first-order valence-corrected chi connectivity index (χ1v) is 6.67. The molecule has 4 nitrogen and oxygen atoms in total. The molecule has 1 aliphatic rings. The van der Waals surface area contributed by atoms with Crippen LogP contribution < -0.4 is 9.47 Å². The molecule has 7 heteroatoms. The molecule has 1 aromatic carbocycles. The maximum atomic E-state index is 12.5. The summed E-state index contributed by atoms with van der Waals surface area (Å²) < 4.78 is 35.8. The second-order valence-corrected chi connectivity index (χ2v) is 4.86. The Morgan fingerprint density at radius 2 is 2.05 bits per heavy atom. The Kier molecular flexibility index (Phi) is 5.39. The molecule has 0 spiro atoms. The highest BCUT2D eigenvalue weighted by atomic mass is 35.5. The summed E-state index contributed by atoms with van der Waals surface area (Å²) in [5, 5.41) is 9.32. The maximum absolute atomic E-state index is 12.5. The first-order chi connectivity index (χ1) is 9.60. The molecule has 0 bridgehead atoms. The highest BCUT2D eigenvalue weighted by Gasteiger charge is 2.18. The van der Waals surface area contributed by atoms with Crippen LogP contribution in [0.4, 0.5) is 8.78 Å². The fourth-order valence-electron chi connectivity index (χ4n) is 2.09. The van der Waals surface area contributed by atoms with Crippen molar-refractivity contribution in [3.05, 3.63) is 22.7 Å². The molecule has 0 saturated heterocycles. The van der Waals surface area contributed by atoms with Gasteiger partial charge in [-0.25, -0.2) is 8.78 Å². The zero-order valence-electron chi connectivity index (χ0n) is 10.8. The quantitative estimate of drug-likeness (QED) is 0.874. The number of hydrogen-bond acceptors (Lipinski definition) is 4. The van der Waals surface area contributed by atoms with Gasteiger partial charge in [-0.3, -0.25) is 4.90 Å². The van der Waals surface area contributed by atoms with Crippen molar-refractivity contribution in [2.45, 2.75) is 13.0 Å². The van der Waals surface area contributed by atoms with Gasteiger partial charge in [-0.1, -0.05) is 11.6 Å². The SMILES string of the molecule is OCCN(Cc1cc(Cl)c2c(c1)OCCO2)CC(F)F. The van der Waals surface area contributed by atoms with Gasteiger partial charge in [0.15, 0.2) is 11.5 Å². The van der Waals surface area contributed by atoms with Crippen molar-refractivity contribution in [3.63, 3.8) is 0 Å². The number of rotatable bonds is 6. The molecule has 1 heterocycles. The molecule has 0 atom stereocenters. The summed E-state index contributed by atoms with van der Waals surface area (Å²) >= 11 is 6.09. The first-order valence-electron chi connectivity index (χ1n) is 6.29. The van der Waals surface area contributed by atoms with Crippen LogP contribution in [0.25, 0.3) is 0 Å². The third kappa shape index (κ3) is 3.94. The molecule has 1 aliphatic heterocycles. The molecule has 2 rings (SSSR count). The Balaban J connectivity index is 2.13. The van der Waals surface area contributed by atoms with E-state index in [0.717, 1.165) is 5.56 Å². The number of hydrogen-bond donors (Lipinski definition) is 1. The van der Waals surface area contributed by atoms with Crippen LogP contribution in [0.15, 0.2) is 12.1 Å². The Morgan fingerprint density at radius 3 is 2.75 bits per heavy atom.